The maximum atomic E-state index is 12.3. The van der Waals surface area contributed by atoms with Crippen LogP contribution in [0.3, 0.4) is 0 Å². The van der Waals surface area contributed by atoms with Crippen molar-refractivity contribution in [3.63, 3.8) is 0 Å². The summed E-state index contributed by atoms with van der Waals surface area (Å²) in [5.74, 6) is 0. The summed E-state index contributed by atoms with van der Waals surface area (Å²) in [4.78, 5) is 25.9. The van der Waals surface area contributed by atoms with Gasteiger partial charge in [0.1, 0.15) is 12.2 Å². The van der Waals surface area contributed by atoms with Gasteiger partial charge in [-0.15, -0.1) is 0 Å². The molecule has 0 amide bonds. The van der Waals surface area contributed by atoms with E-state index in [0.717, 1.165) is 12.1 Å². The molecule has 4 unspecified atom stereocenters. The lowest BCUT2D eigenvalue weighted by Gasteiger charge is -2.29. The smallest absolute Gasteiger partial charge is 0.330 e. The zero-order valence-corrected chi connectivity index (χ0v) is 16.7. The first-order valence-electron chi connectivity index (χ1n) is 10.1. The Morgan fingerprint density at radius 3 is 2.93 bits per heavy atom. The summed E-state index contributed by atoms with van der Waals surface area (Å²) in [6.07, 6.45) is -0.405. The van der Waals surface area contributed by atoms with Crippen LogP contribution in [-0.2, 0) is 24.9 Å². The quantitative estimate of drug-likeness (QED) is 0.750. The molecule has 0 spiro atoms. The monoisotopic (exact) mass is 420 g/mol. The number of aromatic nitrogens is 2. The molecular weight excluding hydrogens is 397 g/mol. The number of ether oxygens (including phenoxy) is 2. The third-order valence-electron chi connectivity index (χ3n) is 5.49. The fourth-order valence-electron chi connectivity index (χ4n) is 4.13. The summed E-state index contributed by atoms with van der Waals surface area (Å²) in [5.41, 5.74) is 1.28. The SMILES string of the molecule is [2H]CC1OC(n2ccc(=O)[nH]c2=O)C(OC)C1O[P@@]1OC[C@@H]2Cc3ccccc3N21. The maximum absolute atomic E-state index is 12.3. The first-order chi connectivity index (χ1) is 14.6. The molecule has 3 aliphatic rings. The third kappa shape index (κ3) is 3.14. The predicted octanol–water partition coefficient (Wildman–Crippen LogP) is 1.54. The second-order valence-electron chi connectivity index (χ2n) is 7.22. The molecule has 0 saturated carbocycles. The molecule has 0 radical (unpaired) electrons. The van der Waals surface area contributed by atoms with Crippen molar-refractivity contribution in [3.05, 3.63) is 62.9 Å². The minimum atomic E-state index is -1.40. The topological polar surface area (TPSA) is 95.0 Å². The molecule has 3 aliphatic heterocycles. The second kappa shape index (κ2) is 7.34. The van der Waals surface area contributed by atoms with Crippen LogP contribution >= 0.6 is 8.53 Å². The number of benzene rings is 1. The average Bonchev–Trinajstić information content (AvgIpc) is 3.40. The first kappa shape index (κ1) is 17.8. The Morgan fingerprint density at radius 2 is 2.14 bits per heavy atom. The first-order valence-corrected chi connectivity index (χ1v) is 10.5. The fourth-order valence-corrected chi connectivity index (χ4v) is 5.97. The van der Waals surface area contributed by atoms with Crippen molar-refractivity contribution < 1.29 is 19.9 Å². The number of rotatable bonds is 4. The van der Waals surface area contributed by atoms with E-state index in [4.69, 9.17) is 19.9 Å². The molecule has 10 heteroatoms. The number of hydrogen-bond acceptors (Lipinski definition) is 7. The van der Waals surface area contributed by atoms with E-state index in [9.17, 15) is 9.59 Å². The van der Waals surface area contributed by atoms with E-state index in [0.29, 0.717) is 6.61 Å². The highest BCUT2D eigenvalue weighted by Gasteiger charge is 2.50. The lowest BCUT2D eigenvalue weighted by atomic mass is 10.1. The molecule has 6 atom stereocenters. The molecule has 0 bridgehead atoms. The molecule has 9 nitrogen and oxygen atoms in total. The van der Waals surface area contributed by atoms with Gasteiger partial charge in [0, 0.05) is 26.4 Å². The van der Waals surface area contributed by atoms with Crippen LogP contribution in [0, 0.1) is 0 Å². The van der Waals surface area contributed by atoms with Crippen molar-refractivity contribution in [3.8, 4) is 0 Å². The molecule has 5 rings (SSSR count). The van der Waals surface area contributed by atoms with Crippen LogP contribution in [0.25, 0.3) is 0 Å². The highest BCUT2D eigenvalue weighted by Crippen LogP contribution is 2.58. The van der Waals surface area contributed by atoms with E-state index in [-0.39, 0.29) is 12.9 Å². The Bertz CT molecular complexity index is 1050. The molecule has 154 valence electrons. The van der Waals surface area contributed by atoms with Gasteiger partial charge >= 0.3 is 5.69 Å². The minimum absolute atomic E-state index is 0.0671. The summed E-state index contributed by atoms with van der Waals surface area (Å²) in [7, 11) is 0.107. The minimum Gasteiger partial charge on any atom is -0.374 e. The van der Waals surface area contributed by atoms with Gasteiger partial charge in [-0.1, -0.05) is 18.2 Å². The maximum Gasteiger partial charge on any atom is 0.330 e. The van der Waals surface area contributed by atoms with E-state index in [2.05, 4.69) is 21.8 Å². The number of fused-ring (bicyclic) bond motifs is 3. The van der Waals surface area contributed by atoms with E-state index >= 15 is 0 Å². The summed E-state index contributed by atoms with van der Waals surface area (Å²) >= 11 is 0. The van der Waals surface area contributed by atoms with Gasteiger partial charge in [-0.05, 0) is 25.0 Å². The third-order valence-corrected chi connectivity index (χ3v) is 7.18. The zero-order chi connectivity index (χ0) is 20.8. The van der Waals surface area contributed by atoms with Crippen LogP contribution in [-0.4, -0.2) is 47.6 Å². The van der Waals surface area contributed by atoms with Crippen LogP contribution in [0.5, 0.6) is 0 Å². The molecule has 29 heavy (non-hydrogen) atoms. The van der Waals surface area contributed by atoms with Crippen LogP contribution in [0.15, 0.2) is 46.1 Å². The molecule has 2 fully saturated rings. The summed E-state index contributed by atoms with van der Waals surface area (Å²) in [6.45, 7) is 0.502. The predicted molar refractivity (Wildman–Crippen MR) is 106 cm³/mol. The Morgan fingerprint density at radius 1 is 1.28 bits per heavy atom. The van der Waals surface area contributed by atoms with Crippen molar-refractivity contribution in [2.75, 3.05) is 18.4 Å². The molecule has 2 saturated heterocycles. The van der Waals surface area contributed by atoms with Gasteiger partial charge in [-0.25, -0.2) is 4.79 Å². The number of para-hydroxylation sites is 1. The molecule has 4 heterocycles. The van der Waals surface area contributed by atoms with Gasteiger partial charge in [-0.2, -0.15) is 0 Å². The van der Waals surface area contributed by atoms with E-state index in [1.54, 1.807) is 0 Å². The standard InChI is InChI=1S/C19H22N3O6P/c1-11-16(17(25-2)18(27-11)21-8-7-15(23)20-19(21)24)28-29-22-13(10-26-29)9-12-5-3-4-6-14(12)22/h3-8,11,13,16-18H,9-10H2,1-2H3,(H,20,23,24)/t11?,13-,16?,17?,18?,29+/m0/s1/i1D. The number of anilines is 1. The van der Waals surface area contributed by atoms with E-state index < -0.39 is 44.3 Å². The molecule has 1 aromatic carbocycles. The largest absolute Gasteiger partial charge is 0.374 e. The van der Waals surface area contributed by atoms with Crippen molar-refractivity contribution in [1.29, 1.82) is 0 Å². The fraction of sp³-hybridized carbons (Fsp3) is 0.474. The van der Waals surface area contributed by atoms with Gasteiger partial charge < -0.3 is 23.2 Å². The zero-order valence-electron chi connectivity index (χ0n) is 16.8. The van der Waals surface area contributed by atoms with Crippen LogP contribution in [0.4, 0.5) is 5.69 Å². The Hall–Kier alpha value is -2.03. The number of aromatic amines is 1. The molecular formula is C19H22N3O6P. The number of nitrogens with one attached hydrogen (secondary N) is 1. The molecule has 1 N–H and O–H groups in total. The average molecular weight is 420 g/mol. The van der Waals surface area contributed by atoms with Crippen molar-refractivity contribution >= 4 is 14.2 Å². The molecule has 0 aliphatic carbocycles. The summed E-state index contributed by atoms with van der Waals surface area (Å²) in [5, 5.41) is 0. The lowest BCUT2D eigenvalue weighted by Crippen LogP contribution is -2.39. The molecule has 2 aromatic rings. The van der Waals surface area contributed by atoms with Crippen molar-refractivity contribution in [2.45, 2.75) is 43.9 Å². The molecule has 1 aromatic heterocycles. The lowest BCUT2D eigenvalue weighted by molar-refractivity contribution is -0.0507. The Balaban J connectivity index is 1.42. The summed E-state index contributed by atoms with van der Waals surface area (Å²) in [6, 6.07) is 9.67. The van der Waals surface area contributed by atoms with Crippen molar-refractivity contribution in [1.82, 2.24) is 9.55 Å². The van der Waals surface area contributed by atoms with Gasteiger partial charge in [0.15, 0.2) is 6.23 Å². The highest BCUT2D eigenvalue weighted by atomic mass is 31.2. The Kier molecular flexibility index (Phi) is 4.50. The number of hydrogen-bond donors (Lipinski definition) is 1. The van der Waals surface area contributed by atoms with E-state index in [1.807, 2.05) is 12.1 Å². The number of nitrogens with zero attached hydrogens (tertiary/aromatic N) is 2. The van der Waals surface area contributed by atoms with Gasteiger partial charge in [0.25, 0.3) is 14.1 Å². The Labute approximate surface area is 169 Å². The number of methoxy groups -OCH3 is 1. The van der Waals surface area contributed by atoms with Crippen molar-refractivity contribution in [2.24, 2.45) is 0 Å². The van der Waals surface area contributed by atoms with Crippen LogP contribution < -0.4 is 15.9 Å². The normalized spacial score (nSPS) is 33.6. The van der Waals surface area contributed by atoms with Crippen LogP contribution in [0.1, 0.15) is 20.1 Å². The van der Waals surface area contributed by atoms with Gasteiger partial charge in [-0.3, -0.25) is 14.3 Å². The van der Waals surface area contributed by atoms with Crippen LogP contribution in [0.2, 0.25) is 0 Å². The van der Waals surface area contributed by atoms with Gasteiger partial charge in [0.05, 0.1) is 18.8 Å². The van der Waals surface area contributed by atoms with E-state index in [1.165, 1.54) is 29.5 Å². The summed E-state index contributed by atoms with van der Waals surface area (Å²) < 4.78 is 35.3. The number of H-pyrrole nitrogens is 1. The van der Waals surface area contributed by atoms with Gasteiger partial charge in [0.2, 0.25) is 0 Å². The second-order valence-corrected chi connectivity index (χ2v) is 8.59. The highest BCUT2D eigenvalue weighted by molar-refractivity contribution is 7.49.